The number of aromatic nitrogens is 2. The lowest BCUT2D eigenvalue weighted by molar-refractivity contribution is 0.0381. The summed E-state index contributed by atoms with van der Waals surface area (Å²) >= 11 is 0. The van der Waals surface area contributed by atoms with Crippen LogP contribution >= 0.6 is 0 Å². The molecule has 1 aliphatic rings. The Morgan fingerprint density at radius 3 is 2.78 bits per heavy atom. The Bertz CT molecular complexity index is 366. The molecule has 1 N–H and O–H groups in total. The van der Waals surface area contributed by atoms with Crippen LogP contribution in [0, 0.1) is 6.92 Å². The van der Waals surface area contributed by atoms with Gasteiger partial charge >= 0.3 is 0 Å². The Kier molecular flexibility index (Phi) is 5.04. The number of nitrogens with zero attached hydrogens (tertiary/aromatic N) is 3. The molecule has 1 unspecified atom stereocenters. The quantitative estimate of drug-likeness (QED) is 0.836. The summed E-state index contributed by atoms with van der Waals surface area (Å²) in [5.74, 6) is 0. The van der Waals surface area contributed by atoms with Crippen LogP contribution in [0.1, 0.15) is 24.4 Å². The summed E-state index contributed by atoms with van der Waals surface area (Å²) in [5, 5.41) is 3.50. The van der Waals surface area contributed by atoms with Crippen molar-refractivity contribution in [3.8, 4) is 0 Å². The van der Waals surface area contributed by atoms with Crippen molar-refractivity contribution >= 4 is 0 Å². The molecule has 0 aromatic carbocycles. The van der Waals surface area contributed by atoms with Crippen molar-refractivity contribution in [2.24, 2.45) is 0 Å². The van der Waals surface area contributed by atoms with Gasteiger partial charge in [-0.3, -0.25) is 14.9 Å². The zero-order valence-corrected chi connectivity index (χ0v) is 11.2. The van der Waals surface area contributed by atoms with E-state index in [9.17, 15) is 0 Å². The van der Waals surface area contributed by atoms with Crippen LogP contribution < -0.4 is 5.32 Å². The van der Waals surface area contributed by atoms with Gasteiger partial charge in [-0.25, -0.2) is 0 Å². The van der Waals surface area contributed by atoms with E-state index in [0.29, 0.717) is 0 Å². The lowest BCUT2D eigenvalue weighted by atomic mass is 10.2. The van der Waals surface area contributed by atoms with Crippen molar-refractivity contribution in [1.82, 2.24) is 20.2 Å². The fourth-order valence-electron chi connectivity index (χ4n) is 2.20. The number of nitrogens with one attached hydrogen (secondary N) is 1. The van der Waals surface area contributed by atoms with Crippen LogP contribution in [0.3, 0.4) is 0 Å². The fourth-order valence-corrected chi connectivity index (χ4v) is 2.20. The average Bonchev–Trinajstić information content (AvgIpc) is 2.40. The third-order valence-electron chi connectivity index (χ3n) is 3.31. The Hall–Kier alpha value is -1.04. The summed E-state index contributed by atoms with van der Waals surface area (Å²) < 4.78 is 5.33. The van der Waals surface area contributed by atoms with E-state index >= 15 is 0 Å². The molecule has 5 nitrogen and oxygen atoms in total. The van der Waals surface area contributed by atoms with Gasteiger partial charge < -0.3 is 10.1 Å². The summed E-state index contributed by atoms with van der Waals surface area (Å²) in [6, 6.07) is 0.250. The fraction of sp³-hybridized carbons (Fsp3) is 0.692. The molecule has 1 saturated heterocycles. The van der Waals surface area contributed by atoms with Gasteiger partial charge in [-0.05, 0) is 13.8 Å². The van der Waals surface area contributed by atoms with E-state index in [1.165, 1.54) is 0 Å². The second kappa shape index (κ2) is 6.78. The molecule has 5 heteroatoms. The first-order valence-electron chi connectivity index (χ1n) is 6.58. The molecule has 1 aromatic heterocycles. The van der Waals surface area contributed by atoms with Gasteiger partial charge in [0, 0.05) is 44.6 Å². The van der Waals surface area contributed by atoms with Crippen molar-refractivity contribution in [3.05, 3.63) is 23.8 Å². The molecule has 0 radical (unpaired) electrons. The predicted octanol–water partition coefficient (Wildman–Crippen LogP) is 0.768. The topological polar surface area (TPSA) is 50.3 Å². The van der Waals surface area contributed by atoms with Crippen molar-refractivity contribution in [2.75, 3.05) is 39.4 Å². The van der Waals surface area contributed by atoms with Crippen molar-refractivity contribution in [3.63, 3.8) is 0 Å². The van der Waals surface area contributed by atoms with Crippen molar-refractivity contribution in [1.29, 1.82) is 0 Å². The molecular weight excluding hydrogens is 228 g/mol. The lowest BCUT2D eigenvalue weighted by Gasteiger charge is -2.27. The molecule has 18 heavy (non-hydrogen) atoms. The summed E-state index contributed by atoms with van der Waals surface area (Å²) in [6.07, 6.45) is 3.49. The molecule has 0 spiro atoms. The van der Waals surface area contributed by atoms with Gasteiger partial charge in [0.2, 0.25) is 0 Å². The molecule has 0 aliphatic carbocycles. The molecule has 0 amide bonds. The second-order valence-electron chi connectivity index (χ2n) is 4.66. The van der Waals surface area contributed by atoms with E-state index < -0.39 is 0 Å². The van der Waals surface area contributed by atoms with E-state index in [0.717, 1.165) is 50.8 Å². The van der Waals surface area contributed by atoms with Crippen LogP contribution in [0.4, 0.5) is 0 Å². The SMILES string of the molecule is Cc1nccnc1C(C)NCCN1CCOCC1. The molecule has 0 saturated carbocycles. The Morgan fingerprint density at radius 2 is 2.06 bits per heavy atom. The minimum atomic E-state index is 0.250. The summed E-state index contributed by atoms with van der Waals surface area (Å²) in [4.78, 5) is 11.1. The molecule has 2 heterocycles. The van der Waals surface area contributed by atoms with Gasteiger partial charge in [0.05, 0.1) is 24.6 Å². The molecule has 1 aliphatic heterocycles. The first-order valence-corrected chi connectivity index (χ1v) is 6.58. The maximum Gasteiger partial charge on any atom is 0.0782 e. The summed E-state index contributed by atoms with van der Waals surface area (Å²) in [6.45, 7) is 9.97. The highest BCUT2D eigenvalue weighted by Gasteiger charge is 2.12. The lowest BCUT2D eigenvalue weighted by Crippen LogP contribution is -2.40. The zero-order valence-electron chi connectivity index (χ0n) is 11.2. The summed E-state index contributed by atoms with van der Waals surface area (Å²) in [7, 11) is 0. The maximum atomic E-state index is 5.33. The first-order chi connectivity index (χ1) is 8.77. The normalized spacial score (nSPS) is 18.8. The van der Waals surface area contributed by atoms with Crippen LogP contribution in [0.15, 0.2) is 12.4 Å². The van der Waals surface area contributed by atoms with Gasteiger partial charge in [0.15, 0.2) is 0 Å². The Balaban J connectivity index is 1.74. The highest BCUT2D eigenvalue weighted by Crippen LogP contribution is 2.11. The van der Waals surface area contributed by atoms with Crippen molar-refractivity contribution < 1.29 is 4.74 Å². The predicted molar refractivity (Wildman–Crippen MR) is 70.4 cm³/mol. The van der Waals surface area contributed by atoms with Gasteiger partial charge in [0.25, 0.3) is 0 Å². The standard InChI is InChI=1S/C13H22N4O/c1-11-13(16-4-3-14-11)12(2)15-5-6-17-7-9-18-10-8-17/h3-4,12,15H,5-10H2,1-2H3. The van der Waals surface area contributed by atoms with E-state index in [2.05, 4.69) is 27.1 Å². The highest BCUT2D eigenvalue weighted by molar-refractivity contribution is 5.12. The number of rotatable bonds is 5. The van der Waals surface area contributed by atoms with Crippen molar-refractivity contribution in [2.45, 2.75) is 19.9 Å². The van der Waals surface area contributed by atoms with Gasteiger partial charge in [-0.1, -0.05) is 0 Å². The van der Waals surface area contributed by atoms with E-state index in [1.807, 2.05) is 6.92 Å². The Labute approximate surface area is 109 Å². The number of morpholine rings is 1. The third-order valence-corrected chi connectivity index (χ3v) is 3.31. The molecular formula is C13H22N4O. The number of aryl methyl sites for hydroxylation is 1. The monoisotopic (exact) mass is 250 g/mol. The third kappa shape index (κ3) is 3.73. The van der Waals surface area contributed by atoms with Gasteiger partial charge in [-0.2, -0.15) is 0 Å². The highest BCUT2D eigenvalue weighted by atomic mass is 16.5. The number of ether oxygens (including phenoxy) is 1. The van der Waals surface area contributed by atoms with Gasteiger partial charge in [-0.15, -0.1) is 0 Å². The minimum Gasteiger partial charge on any atom is -0.379 e. The largest absolute Gasteiger partial charge is 0.379 e. The van der Waals surface area contributed by atoms with Crippen LogP contribution in [-0.4, -0.2) is 54.3 Å². The Morgan fingerprint density at radius 1 is 1.33 bits per heavy atom. The van der Waals surface area contributed by atoms with Crippen LogP contribution in [0.2, 0.25) is 0 Å². The van der Waals surface area contributed by atoms with Gasteiger partial charge in [0.1, 0.15) is 0 Å². The smallest absolute Gasteiger partial charge is 0.0782 e. The maximum absolute atomic E-state index is 5.33. The van der Waals surface area contributed by atoms with Crippen LogP contribution in [0.25, 0.3) is 0 Å². The van der Waals surface area contributed by atoms with Crippen LogP contribution in [-0.2, 0) is 4.74 Å². The molecule has 100 valence electrons. The number of hydrogen-bond donors (Lipinski definition) is 1. The molecule has 1 aromatic rings. The molecule has 1 atom stereocenters. The van der Waals surface area contributed by atoms with E-state index in [1.54, 1.807) is 12.4 Å². The average molecular weight is 250 g/mol. The number of hydrogen-bond acceptors (Lipinski definition) is 5. The zero-order chi connectivity index (χ0) is 12.8. The van der Waals surface area contributed by atoms with E-state index in [4.69, 9.17) is 4.74 Å². The molecule has 0 bridgehead atoms. The van der Waals surface area contributed by atoms with E-state index in [-0.39, 0.29) is 6.04 Å². The van der Waals surface area contributed by atoms with Crippen LogP contribution in [0.5, 0.6) is 0 Å². The molecule has 2 rings (SSSR count). The second-order valence-corrected chi connectivity index (χ2v) is 4.66. The summed E-state index contributed by atoms with van der Waals surface area (Å²) in [5.41, 5.74) is 2.04. The first kappa shape index (κ1) is 13.4. The minimum absolute atomic E-state index is 0.250. The molecule has 1 fully saturated rings.